The van der Waals surface area contributed by atoms with Crippen molar-refractivity contribution in [1.29, 1.82) is 0 Å². The average molecular weight is 391 g/mol. The van der Waals surface area contributed by atoms with Gasteiger partial charge in [0.25, 0.3) is 5.95 Å². The van der Waals surface area contributed by atoms with E-state index in [1.165, 1.54) is 7.11 Å². The first-order chi connectivity index (χ1) is 13.9. The van der Waals surface area contributed by atoms with E-state index in [0.29, 0.717) is 23.8 Å². The molecule has 1 amide bonds. The van der Waals surface area contributed by atoms with Crippen LogP contribution in [0, 0.1) is 20.8 Å². The zero-order valence-corrected chi connectivity index (χ0v) is 16.7. The van der Waals surface area contributed by atoms with Crippen molar-refractivity contribution < 1.29 is 14.3 Å². The van der Waals surface area contributed by atoms with Gasteiger partial charge in [0.05, 0.1) is 18.4 Å². The van der Waals surface area contributed by atoms with Gasteiger partial charge in [-0.2, -0.15) is 9.78 Å². The Morgan fingerprint density at radius 3 is 2.41 bits per heavy atom. The Bertz CT molecular complexity index is 1100. The van der Waals surface area contributed by atoms with Crippen LogP contribution in [0.4, 0.5) is 5.82 Å². The maximum atomic E-state index is 12.5. The minimum atomic E-state index is -0.394. The van der Waals surface area contributed by atoms with E-state index in [0.717, 1.165) is 28.2 Å². The number of nitrogens with zero attached hydrogens (tertiary/aromatic N) is 4. The van der Waals surface area contributed by atoms with Crippen LogP contribution in [-0.2, 0) is 9.53 Å². The van der Waals surface area contributed by atoms with Crippen LogP contribution in [0.5, 0.6) is 0 Å². The Labute approximate surface area is 167 Å². The number of amides is 1. The van der Waals surface area contributed by atoms with Gasteiger partial charge in [-0.15, -0.1) is 0 Å². The fraction of sp³-hybridized carbons (Fsp3) is 0.286. The average Bonchev–Trinajstić information content (AvgIpc) is 3.02. The van der Waals surface area contributed by atoms with Gasteiger partial charge in [-0.05, 0) is 44.5 Å². The summed E-state index contributed by atoms with van der Waals surface area (Å²) >= 11 is 0. The molecule has 0 saturated carbocycles. The van der Waals surface area contributed by atoms with Crippen LogP contribution in [0.25, 0.3) is 5.95 Å². The maximum Gasteiger partial charge on any atom is 0.337 e. The maximum absolute atomic E-state index is 12.5. The first-order valence-corrected chi connectivity index (χ1v) is 9.27. The minimum Gasteiger partial charge on any atom is -0.465 e. The molecule has 0 unspecified atom stereocenters. The molecule has 0 bridgehead atoms. The Hall–Kier alpha value is -3.55. The van der Waals surface area contributed by atoms with E-state index in [2.05, 4.69) is 20.4 Å². The van der Waals surface area contributed by atoms with Crippen LogP contribution < -0.4 is 5.32 Å². The summed E-state index contributed by atoms with van der Waals surface area (Å²) in [5.41, 5.74) is 4.77. The molecule has 0 radical (unpaired) electrons. The molecule has 0 saturated heterocycles. The monoisotopic (exact) mass is 391 g/mol. The van der Waals surface area contributed by atoms with Crippen LogP contribution in [0.3, 0.4) is 0 Å². The van der Waals surface area contributed by atoms with E-state index < -0.39 is 5.97 Å². The van der Waals surface area contributed by atoms with Gasteiger partial charge in [0.15, 0.2) is 0 Å². The molecule has 4 rings (SSSR count). The summed E-state index contributed by atoms with van der Waals surface area (Å²) in [5, 5.41) is 7.55. The highest BCUT2D eigenvalue weighted by molar-refractivity contribution is 5.95. The molecular weight excluding hydrogens is 370 g/mol. The van der Waals surface area contributed by atoms with Crippen molar-refractivity contribution in [3.05, 3.63) is 64.1 Å². The van der Waals surface area contributed by atoms with Gasteiger partial charge in [0, 0.05) is 29.3 Å². The summed E-state index contributed by atoms with van der Waals surface area (Å²) in [6, 6.07) is 9.00. The summed E-state index contributed by atoms with van der Waals surface area (Å²) < 4.78 is 6.35. The molecule has 0 fully saturated rings. The van der Waals surface area contributed by atoms with Gasteiger partial charge in [-0.3, -0.25) is 4.79 Å². The molecular formula is C21H21N5O3. The van der Waals surface area contributed by atoms with Crippen molar-refractivity contribution in [2.75, 3.05) is 12.4 Å². The Balaban J connectivity index is 1.81. The number of hydrogen-bond donors (Lipinski definition) is 1. The SMILES string of the molecule is COC(=O)c1ccc([C@H]2CC(=O)Nc3c2c(C)nn3-c2nc(C)cc(C)n2)cc1. The Morgan fingerprint density at radius 2 is 1.79 bits per heavy atom. The first-order valence-electron chi connectivity index (χ1n) is 9.27. The zero-order chi connectivity index (χ0) is 20.7. The van der Waals surface area contributed by atoms with Gasteiger partial charge in [0.1, 0.15) is 5.82 Å². The molecule has 2 aromatic heterocycles. The molecule has 3 aromatic rings. The van der Waals surface area contributed by atoms with Crippen molar-refractivity contribution in [2.24, 2.45) is 0 Å². The Morgan fingerprint density at radius 1 is 1.14 bits per heavy atom. The quantitative estimate of drug-likeness (QED) is 0.689. The van der Waals surface area contributed by atoms with Crippen LogP contribution >= 0.6 is 0 Å². The highest BCUT2D eigenvalue weighted by Crippen LogP contribution is 2.39. The van der Waals surface area contributed by atoms with E-state index >= 15 is 0 Å². The van der Waals surface area contributed by atoms with Crippen molar-refractivity contribution in [2.45, 2.75) is 33.1 Å². The van der Waals surface area contributed by atoms with Gasteiger partial charge in [-0.25, -0.2) is 14.8 Å². The van der Waals surface area contributed by atoms with E-state index in [1.54, 1.807) is 16.8 Å². The van der Waals surface area contributed by atoms with E-state index in [-0.39, 0.29) is 11.8 Å². The molecule has 1 atom stereocenters. The third-order valence-electron chi connectivity index (χ3n) is 5.00. The van der Waals surface area contributed by atoms with Crippen LogP contribution in [0.2, 0.25) is 0 Å². The zero-order valence-electron chi connectivity index (χ0n) is 16.7. The lowest BCUT2D eigenvalue weighted by Gasteiger charge is -2.24. The molecule has 8 heteroatoms. The lowest BCUT2D eigenvalue weighted by atomic mass is 9.85. The molecule has 8 nitrogen and oxygen atoms in total. The number of hydrogen-bond acceptors (Lipinski definition) is 6. The minimum absolute atomic E-state index is 0.106. The molecule has 3 heterocycles. The second kappa shape index (κ2) is 7.12. The number of aryl methyl sites for hydroxylation is 3. The number of carbonyl (C=O) groups excluding carboxylic acids is 2. The van der Waals surface area contributed by atoms with Crippen molar-refractivity contribution in [1.82, 2.24) is 19.7 Å². The summed E-state index contributed by atoms with van der Waals surface area (Å²) in [7, 11) is 1.35. The molecule has 1 aromatic carbocycles. The molecule has 1 aliphatic rings. The number of ether oxygens (including phenoxy) is 1. The second-order valence-electron chi connectivity index (χ2n) is 7.13. The third kappa shape index (κ3) is 3.37. The van der Waals surface area contributed by atoms with Gasteiger partial charge in [-0.1, -0.05) is 12.1 Å². The normalized spacial score (nSPS) is 15.6. The molecule has 1 N–H and O–H groups in total. The topological polar surface area (TPSA) is 99.0 Å². The number of benzene rings is 1. The van der Waals surface area contributed by atoms with Crippen molar-refractivity contribution in [3.63, 3.8) is 0 Å². The van der Waals surface area contributed by atoms with E-state index in [1.807, 2.05) is 39.0 Å². The largest absolute Gasteiger partial charge is 0.465 e. The van der Waals surface area contributed by atoms with Crippen LogP contribution in [0.15, 0.2) is 30.3 Å². The number of esters is 1. The van der Waals surface area contributed by atoms with Crippen molar-refractivity contribution in [3.8, 4) is 5.95 Å². The standard InChI is InChI=1S/C21H21N5O3/c1-11-9-12(2)23-21(22-11)26-19-18(13(3)25-26)16(10-17(27)24-19)14-5-7-15(8-6-14)20(28)29-4/h5-9,16H,10H2,1-4H3,(H,24,27)/t16-/m1/s1. The van der Waals surface area contributed by atoms with Crippen LogP contribution in [-0.4, -0.2) is 38.7 Å². The lowest BCUT2D eigenvalue weighted by molar-refractivity contribution is -0.116. The van der Waals surface area contributed by atoms with Gasteiger partial charge >= 0.3 is 5.97 Å². The smallest absolute Gasteiger partial charge is 0.337 e. The summed E-state index contributed by atoms with van der Waals surface area (Å²) in [6.45, 7) is 5.70. The number of anilines is 1. The number of aromatic nitrogens is 4. The summed E-state index contributed by atoms with van der Waals surface area (Å²) in [5.74, 6) is 0.337. The van der Waals surface area contributed by atoms with Gasteiger partial charge < -0.3 is 10.1 Å². The molecule has 29 heavy (non-hydrogen) atoms. The molecule has 0 spiro atoms. The van der Waals surface area contributed by atoms with E-state index in [9.17, 15) is 9.59 Å². The highest BCUT2D eigenvalue weighted by atomic mass is 16.5. The fourth-order valence-electron chi connectivity index (χ4n) is 3.75. The van der Waals surface area contributed by atoms with Crippen LogP contribution in [0.1, 0.15) is 50.9 Å². The third-order valence-corrected chi connectivity index (χ3v) is 5.00. The van der Waals surface area contributed by atoms with E-state index in [4.69, 9.17) is 4.74 Å². The molecule has 0 aliphatic carbocycles. The Kier molecular flexibility index (Phi) is 4.62. The van der Waals surface area contributed by atoms with Crippen molar-refractivity contribution >= 4 is 17.7 Å². The molecule has 1 aliphatic heterocycles. The van der Waals surface area contributed by atoms with Gasteiger partial charge in [0.2, 0.25) is 5.91 Å². The summed E-state index contributed by atoms with van der Waals surface area (Å²) in [4.78, 5) is 33.1. The molecule has 148 valence electrons. The predicted octanol–water partition coefficient (Wildman–Crippen LogP) is 2.85. The predicted molar refractivity (Wildman–Crippen MR) is 106 cm³/mol. The number of rotatable bonds is 3. The number of carbonyl (C=O) groups is 2. The lowest BCUT2D eigenvalue weighted by Crippen LogP contribution is -2.25. The first kappa shape index (κ1) is 18.8. The number of nitrogens with one attached hydrogen (secondary N) is 1. The number of methoxy groups -OCH3 is 1. The second-order valence-corrected chi connectivity index (χ2v) is 7.13. The summed E-state index contributed by atoms with van der Waals surface area (Å²) in [6.07, 6.45) is 0.296. The number of fused-ring (bicyclic) bond motifs is 1. The fourth-order valence-corrected chi connectivity index (χ4v) is 3.75. The highest BCUT2D eigenvalue weighted by Gasteiger charge is 2.33.